The fourth-order valence-corrected chi connectivity index (χ4v) is 4.75. The minimum absolute atomic E-state index is 0.250. The Morgan fingerprint density at radius 1 is 0.720 bits per heavy atom. The number of carbonyl (C=O) groups is 2. The molecule has 6 nitrogen and oxygen atoms in total. The zero-order valence-corrected chi connectivity index (χ0v) is 16.1. The van der Waals surface area contributed by atoms with Crippen molar-refractivity contribution in [1.29, 1.82) is 0 Å². The Labute approximate surface area is 151 Å². The van der Waals surface area contributed by atoms with Crippen molar-refractivity contribution in [3.05, 3.63) is 0 Å². The fourth-order valence-electron chi connectivity index (χ4n) is 4.75. The second-order valence-electron chi connectivity index (χ2n) is 8.19. The molecular weight excluding hydrogens is 320 g/mol. The summed E-state index contributed by atoms with van der Waals surface area (Å²) in [4.78, 5) is 22.7. The van der Waals surface area contributed by atoms with Crippen LogP contribution in [0.25, 0.3) is 0 Å². The van der Waals surface area contributed by atoms with Gasteiger partial charge in [-0.3, -0.25) is 0 Å². The number of amides is 2. The summed E-state index contributed by atoms with van der Waals surface area (Å²) in [6.07, 6.45) is 8.10. The second-order valence-corrected chi connectivity index (χ2v) is 8.19. The highest BCUT2D eigenvalue weighted by molar-refractivity contribution is 5.67. The Kier molecular flexibility index (Phi) is 6.96. The molecule has 2 amide bonds. The quantitative estimate of drug-likeness (QED) is 0.804. The van der Waals surface area contributed by atoms with E-state index in [1.807, 2.05) is 0 Å². The van der Waals surface area contributed by atoms with Crippen LogP contribution in [-0.4, -0.2) is 38.5 Å². The van der Waals surface area contributed by atoms with E-state index in [0.29, 0.717) is 17.3 Å². The van der Waals surface area contributed by atoms with Gasteiger partial charge in [-0.2, -0.15) is 0 Å². The van der Waals surface area contributed by atoms with Crippen molar-refractivity contribution in [2.75, 3.05) is 14.2 Å². The Balaban J connectivity index is 1.80. The molecule has 6 heteroatoms. The minimum Gasteiger partial charge on any atom is -0.453 e. The Bertz CT molecular complexity index is 410. The molecule has 0 aliphatic heterocycles. The van der Waals surface area contributed by atoms with E-state index in [1.54, 1.807) is 0 Å². The van der Waals surface area contributed by atoms with Crippen LogP contribution in [0.5, 0.6) is 0 Å². The first kappa shape index (κ1) is 19.9. The molecule has 0 unspecified atom stereocenters. The second kappa shape index (κ2) is 8.77. The molecule has 0 aromatic rings. The molecular formula is C19H34N2O4. The van der Waals surface area contributed by atoms with Crippen LogP contribution in [0.15, 0.2) is 0 Å². The number of methoxy groups -OCH3 is 2. The smallest absolute Gasteiger partial charge is 0.407 e. The van der Waals surface area contributed by atoms with Crippen LogP contribution in [0.1, 0.15) is 65.2 Å². The summed E-state index contributed by atoms with van der Waals surface area (Å²) in [5.41, 5.74) is 0.298. The van der Waals surface area contributed by atoms with Crippen LogP contribution in [0, 0.1) is 17.3 Å². The number of carbonyl (C=O) groups excluding carboxylic acids is 2. The molecule has 0 spiro atoms. The maximum absolute atomic E-state index is 11.4. The fraction of sp³-hybridized carbons (Fsp3) is 0.895. The van der Waals surface area contributed by atoms with E-state index in [2.05, 4.69) is 24.5 Å². The minimum atomic E-state index is -0.320. The average molecular weight is 354 g/mol. The molecule has 2 aliphatic carbocycles. The topological polar surface area (TPSA) is 76.7 Å². The van der Waals surface area contributed by atoms with E-state index in [0.717, 1.165) is 51.4 Å². The Morgan fingerprint density at radius 3 is 1.32 bits per heavy atom. The van der Waals surface area contributed by atoms with Gasteiger partial charge in [-0.25, -0.2) is 9.59 Å². The van der Waals surface area contributed by atoms with Crippen molar-refractivity contribution in [2.45, 2.75) is 77.3 Å². The van der Waals surface area contributed by atoms with Gasteiger partial charge < -0.3 is 20.1 Å². The van der Waals surface area contributed by atoms with Gasteiger partial charge in [0.1, 0.15) is 0 Å². The van der Waals surface area contributed by atoms with Crippen molar-refractivity contribution in [3.63, 3.8) is 0 Å². The lowest BCUT2D eigenvalue weighted by atomic mass is 9.60. The van der Waals surface area contributed by atoms with Crippen molar-refractivity contribution < 1.29 is 19.1 Å². The maximum Gasteiger partial charge on any atom is 0.407 e. The zero-order chi connectivity index (χ0) is 18.4. The van der Waals surface area contributed by atoms with Crippen molar-refractivity contribution in [3.8, 4) is 0 Å². The van der Waals surface area contributed by atoms with Gasteiger partial charge in [-0.15, -0.1) is 0 Å². The number of nitrogens with one attached hydrogen (secondary N) is 2. The lowest BCUT2D eigenvalue weighted by molar-refractivity contribution is 0.0464. The van der Waals surface area contributed by atoms with Crippen LogP contribution in [0.2, 0.25) is 0 Å². The third-order valence-corrected chi connectivity index (χ3v) is 6.57. The largest absolute Gasteiger partial charge is 0.453 e. The molecule has 2 saturated carbocycles. The highest BCUT2D eigenvalue weighted by Gasteiger charge is 2.40. The van der Waals surface area contributed by atoms with Gasteiger partial charge in [0.05, 0.1) is 14.2 Å². The SMILES string of the molecule is COC(=O)NC1CCC(C(C)(C)C2CCC(NC(=O)OC)CC2)CC1. The number of hydrogen-bond donors (Lipinski definition) is 2. The number of rotatable bonds is 4. The molecule has 0 saturated heterocycles. The van der Waals surface area contributed by atoms with Crippen LogP contribution in [-0.2, 0) is 9.47 Å². The molecule has 0 atom stereocenters. The van der Waals surface area contributed by atoms with Crippen LogP contribution < -0.4 is 10.6 Å². The van der Waals surface area contributed by atoms with E-state index in [9.17, 15) is 9.59 Å². The average Bonchev–Trinajstić information content (AvgIpc) is 2.62. The summed E-state index contributed by atoms with van der Waals surface area (Å²) in [5.74, 6) is 1.39. The molecule has 2 aliphatic rings. The van der Waals surface area contributed by atoms with Gasteiger partial charge in [-0.05, 0) is 68.6 Å². The van der Waals surface area contributed by atoms with Gasteiger partial charge in [0, 0.05) is 12.1 Å². The van der Waals surface area contributed by atoms with E-state index < -0.39 is 0 Å². The highest BCUT2D eigenvalue weighted by Crippen LogP contribution is 2.48. The predicted octanol–water partition coefficient (Wildman–Crippen LogP) is 3.84. The lowest BCUT2D eigenvalue weighted by Crippen LogP contribution is -2.44. The van der Waals surface area contributed by atoms with Crippen LogP contribution in [0.3, 0.4) is 0 Å². The molecule has 2 fully saturated rings. The van der Waals surface area contributed by atoms with Gasteiger partial charge in [0.2, 0.25) is 0 Å². The Morgan fingerprint density at radius 2 is 1.04 bits per heavy atom. The molecule has 25 heavy (non-hydrogen) atoms. The van der Waals surface area contributed by atoms with E-state index >= 15 is 0 Å². The van der Waals surface area contributed by atoms with Crippen molar-refractivity contribution in [2.24, 2.45) is 17.3 Å². The summed E-state index contributed by atoms with van der Waals surface area (Å²) < 4.78 is 9.40. The summed E-state index contributed by atoms with van der Waals surface area (Å²) in [5, 5.41) is 5.87. The van der Waals surface area contributed by atoms with Crippen LogP contribution in [0.4, 0.5) is 9.59 Å². The third-order valence-electron chi connectivity index (χ3n) is 6.57. The van der Waals surface area contributed by atoms with E-state index in [1.165, 1.54) is 14.2 Å². The van der Waals surface area contributed by atoms with Gasteiger partial charge in [-0.1, -0.05) is 13.8 Å². The van der Waals surface area contributed by atoms with Gasteiger partial charge in [0.15, 0.2) is 0 Å². The maximum atomic E-state index is 11.4. The summed E-state index contributed by atoms with van der Waals surface area (Å²) in [6, 6.07) is 0.499. The molecule has 0 bridgehead atoms. The monoisotopic (exact) mass is 354 g/mol. The molecule has 0 radical (unpaired) electrons. The normalized spacial score (nSPS) is 30.2. The summed E-state index contributed by atoms with van der Waals surface area (Å²) in [7, 11) is 2.82. The van der Waals surface area contributed by atoms with Gasteiger partial charge in [0.25, 0.3) is 0 Å². The predicted molar refractivity (Wildman–Crippen MR) is 96.4 cm³/mol. The first-order chi connectivity index (χ1) is 11.9. The lowest BCUT2D eigenvalue weighted by Gasteiger charge is -2.46. The summed E-state index contributed by atoms with van der Waals surface area (Å²) >= 11 is 0. The first-order valence-electron chi connectivity index (χ1n) is 9.55. The molecule has 0 aromatic heterocycles. The summed E-state index contributed by atoms with van der Waals surface area (Å²) in [6.45, 7) is 4.81. The highest BCUT2D eigenvalue weighted by atomic mass is 16.5. The molecule has 144 valence electrons. The number of alkyl carbamates (subject to hydrolysis) is 2. The molecule has 0 aromatic carbocycles. The third kappa shape index (κ3) is 5.25. The number of ether oxygens (including phenoxy) is 2. The van der Waals surface area contributed by atoms with Crippen molar-refractivity contribution >= 4 is 12.2 Å². The van der Waals surface area contributed by atoms with Crippen molar-refractivity contribution in [1.82, 2.24) is 10.6 Å². The molecule has 2 rings (SSSR count). The van der Waals surface area contributed by atoms with Gasteiger partial charge >= 0.3 is 12.2 Å². The number of hydrogen-bond acceptors (Lipinski definition) is 4. The zero-order valence-electron chi connectivity index (χ0n) is 16.1. The first-order valence-corrected chi connectivity index (χ1v) is 9.55. The van der Waals surface area contributed by atoms with E-state index in [4.69, 9.17) is 9.47 Å². The molecule has 2 N–H and O–H groups in total. The Hall–Kier alpha value is -1.46. The standard InChI is InChI=1S/C19H34N2O4/c1-19(2,13-5-9-15(10-6-13)20-17(22)24-3)14-7-11-16(12-8-14)21-18(23)25-4/h13-16H,5-12H2,1-4H3,(H,20,22)(H,21,23). The van der Waals surface area contributed by atoms with E-state index in [-0.39, 0.29) is 24.3 Å². The molecule has 0 heterocycles. The van der Waals surface area contributed by atoms with Crippen LogP contribution >= 0.6 is 0 Å².